The molecule has 0 aliphatic carbocycles. The van der Waals surface area contributed by atoms with Crippen molar-refractivity contribution in [3.05, 3.63) is 29.8 Å². The van der Waals surface area contributed by atoms with Crippen molar-refractivity contribution in [3.8, 4) is 5.75 Å². The summed E-state index contributed by atoms with van der Waals surface area (Å²) in [7, 11) is 0. The quantitative estimate of drug-likeness (QED) is 0.840. The minimum Gasteiger partial charge on any atom is -0.493 e. The minimum absolute atomic E-state index is 0.160. The van der Waals surface area contributed by atoms with Crippen LogP contribution in [0.5, 0.6) is 5.75 Å². The number of carboxylic acids is 1. The zero-order chi connectivity index (χ0) is 13.8. The highest BCUT2D eigenvalue weighted by atomic mass is 16.5. The fourth-order valence-electron chi connectivity index (χ4n) is 1.50. The standard InChI is InChI=1S/C15H22O3/c1-5-15(3,4)12-6-8-13(9-7-12)18-10-11(2)14(16)17/h6-9,11H,5,10H2,1-4H3,(H,16,17). The molecule has 100 valence electrons. The summed E-state index contributed by atoms with van der Waals surface area (Å²) in [6.45, 7) is 8.41. The van der Waals surface area contributed by atoms with E-state index in [9.17, 15) is 4.79 Å². The molecule has 0 bridgehead atoms. The van der Waals surface area contributed by atoms with Gasteiger partial charge in [0.2, 0.25) is 0 Å². The second kappa shape index (κ2) is 5.89. The van der Waals surface area contributed by atoms with Crippen LogP contribution in [-0.2, 0) is 10.2 Å². The molecule has 0 aliphatic heterocycles. The van der Waals surface area contributed by atoms with Gasteiger partial charge in [0.05, 0.1) is 5.92 Å². The number of carbonyl (C=O) groups is 1. The van der Waals surface area contributed by atoms with E-state index in [2.05, 4.69) is 20.8 Å². The maximum absolute atomic E-state index is 10.7. The molecule has 0 aromatic heterocycles. The van der Waals surface area contributed by atoms with Crippen LogP contribution in [0.4, 0.5) is 0 Å². The van der Waals surface area contributed by atoms with Gasteiger partial charge in [-0.3, -0.25) is 4.79 Å². The van der Waals surface area contributed by atoms with Crippen LogP contribution in [0.1, 0.15) is 39.7 Å². The Hall–Kier alpha value is -1.51. The second-order valence-electron chi connectivity index (χ2n) is 5.31. The second-order valence-corrected chi connectivity index (χ2v) is 5.31. The molecule has 0 spiro atoms. The van der Waals surface area contributed by atoms with E-state index in [0.717, 1.165) is 12.2 Å². The zero-order valence-electron chi connectivity index (χ0n) is 11.6. The van der Waals surface area contributed by atoms with Gasteiger partial charge in [-0.25, -0.2) is 0 Å². The average molecular weight is 250 g/mol. The number of rotatable bonds is 6. The molecule has 1 rings (SSSR count). The highest BCUT2D eigenvalue weighted by Gasteiger charge is 2.17. The van der Waals surface area contributed by atoms with E-state index in [4.69, 9.17) is 9.84 Å². The highest BCUT2D eigenvalue weighted by molar-refractivity contribution is 5.69. The molecule has 0 saturated heterocycles. The Bertz CT molecular complexity index is 393. The molecule has 0 radical (unpaired) electrons. The molecule has 0 heterocycles. The van der Waals surface area contributed by atoms with Gasteiger partial charge in [0, 0.05) is 0 Å². The Kier molecular flexibility index (Phi) is 4.76. The van der Waals surface area contributed by atoms with Gasteiger partial charge in [-0.15, -0.1) is 0 Å². The Morgan fingerprint density at radius 1 is 1.33 bits per heavy atom. The lowest BCUT2D eigenvalue weighted by molar-refractivity contribution is -0.142. The first-order chi connectivity index (χ1) is 8.36. The highest BCUT2D eigenvalue weighted by Crippen LogP contribution is 2.28. The summed E-state index contributed by atoms with van der Waals surface area (Å²) in [5.41, 5.74) is 1.43. The first-order valence-corrected chi connectivity index (χ1v) is 6.33. The predicted octanol–water partition coefficient (Wildman–Crippen LogP) is 3.47. The Morgan fingerprint density at radius 2 is 1.89 bits per heavy atom. The molecule has 1 aromatic carbocycles. The van der Waals surface area contributed by atoms with Gasteiger partial charge in [-0.1, -0.05) is 32.9 Å². The van der Waals surface area contributed by atoms with Gasteiger partial charge >= 0.3 is 5.97 Å². The van der Waals surface area contributed by atoms with Crippen molar-refractivity contribution in [1.29, 1.82) is 0 Å². The maximum atomic E-state index is 10.7. The van der Waals surface area contributed by atoms with Gasteiger partial charge in [0.1, 0.15) is 12.4 Å². The van der Waals surface area contributed by atoms with Crippen molar-refractivity contribution in [2.75, 3.05) is 6.61 Å². The van der Waals surface area contributed by atoms with Crippen LogP contribution in [0.25, 0.3) is 0 Å². The normalized spacial score (nSPS) is 13.1. The van der Waals surface area contributed by atoms with Gasteiger partial charge in [-0.05, 0) is 36.5 Å². The lowest BCUT2D eigenvalue weighted by Crippen LogP contribution is -2.18. The molecular formula is C15H22O3. The van der Waals surface area contributed by atoms with E-state index < -0.39 is 11.9 Å². The van der Waals surface area contributed by atoms with Crippen LogP contribution in [0, 0.1) is 5.92 Å². The lowest BCUT2D eigenvalue weighted by Gasteiger charge is -2.23. The van der Waals surface area contributed by atoms with Crippen LogP contribution in [0.3, 0.4) is 0 Å². The maximum Gasteiger partial charge on any atom is 0.309 e. The molecule has 0 saturated carbocycles. The van der Waals surface area contributed by atoms with Crippen LogP contribution < -0.4 is 4.74 Å². The van der Waals surface area contributed by atoms with E-state index in [-0.39, 0.29) is 12.0 Å². The Labute approximate surface area is 109 Å². The summed E-state index contributed by atoms with van der Waals surface area (Å²) in [5, 5.41) is 8.76. The van der Waals surface area contributed by atoms with Crippen LogP contribution in [-0.4, -0.2) is 17.7 Å². The van der Waals surface area contributed by atoms with E-state index in [1.807, 2.05) is 24.3 Å². The summed E-state index contributed by atoms with van der Waals surface area (Å²) in [6.07, 6.45) is 1.07. The topological polar surface area (TPSA) is 46.5 Å². The monoisotopic (exact) mass is 250 g/mol. The van der Waals surface area contributed by atoms with Crippen molar-refractivity contribution >= 4 is 5.97 Å². The third-order valence-corrected chi connectivity index (χ3v) is 3.44. The molecule has 1 atom stereocenters. The number of carboxylic acid groups (broad SMARTS) is 1. The molecule has 1 aromatic rings. The molecule has 0 aliphatic rings. The van der Waals surface area contributed by atoms with Crippen LogP contribution in [0.15, 0.2) is 24.3 Å². The Balaban J connectivity index is 2.64. The van der Waals surface area contributed by atoms with Gasteiger partial charge in [-0.2, -0.15) is 0 Å². The van der Waals surface area contributed by atoms with E-state index in [1.165, 1.54) is 5.56 Å². The SMILES string of the molecule is CCC(C)(C)c1ccc(OCC(C)C(=O)O)cc1. The fraction of sp³-hybridized carbons (Fsp3) is 0.533. The van der Waals surface area contributed by atoms with E-state index in [0.29, 0.717) is 0 Å². The average Bonchev–Trinajstić information content (AvgIpc) is 2.36. The number of hydrogen-bond donors (Lipinski definition) is 1. The molecule has 3 nitrogen and oxygen atoms in total. The number of ether oxygens (including phenoxy) is 1. The van der Waals surface area contributed by atoms with Crippen LogP contribution >= 0.6 is 0 Å². The van der Waals surface area contributed by atoms with Crippen molar-refractivity contribution in [2.24, 2.45) is 5.92 Å². The Morgan fingerprint density at radius 3 is 2.33 bits per heavy atom. The largest absolute Gasteiger partial charge is 0.493 e. The molecule has 18 heavy (non-hydrogen) atoms. The van der Waals surface area contributed by atoms with Crippen molar-refractivity contribution in [1.82, 2.24) is 0 Å². The van der Waals surface area contributed by atoms with Crippen molar-refractivity contribution < 1.29 is 14.6 Å². The zero-order valence-corrected chi connectivity index (χ0v) is 11.6. The predicted molar refractivity (Wildman–Crippen MR) is 72.1 cm³/mol. The third-order valence-electron chi connectivity index (χ3n) is 3.44. The number of hydrogen-bond acceptors (Lipinski definition) is 2. The summed E-state index contributed by atoms with van der Waals surface area (Å²) in [5.74, 6) is -0.603. The van der Waals surface area contributed by atoms with Crippen molar-refractivity contribution in [2.45, 2.75) is 39.5 Å². The van der Waals surface area contributed by atoms with Gasteiger partial charge in [0.15, 0.2) is 0 Å². The molecule has 0 amide bonds. The summed E-state index contributed by atoms with van der Waals surface area (Å²) >= 11 is 0. The first-order valence-electron chi connectivity index (χ1n) is 6.33. The summed E-state index contributed by atoms with van der Waals surface area (Å²) < 4.78 is 5.45. The van der Waals surface area contributed by atoms with Crippen LogP contribution in [0.2, 0.25) is 0 Å². The molecular weight excluding hydrogens is 228 g/mol. The number of benzene rings is 1. The van der Waals surface area contributed by atoms with Gasteiger partial charge < -0.3 is 9.84 Å². The molecule has 1 unspecified atom stereocenters. The third kappa shape index (κ3) is 3.76. The first kappa shape index (κ1) is 14.6. The smallest absolute Gasteiger partial charge is 0.309 e. The van der Waals surface area contributed by atoms with E-state index >= 15 is 0 Å². The number of aliphatic carboxylic acids is 1. The molecule has 3 heteroatoms. The van der Waals surface area contributed by atoms with E-state index in [1.54, 1.807) is 6.92 Å². The fourth-order valence-corrected chi connectivity index (χ4v) is 1.50. The minimum atomic E-state index is -0.835. The lowest BCUT2D eigenvalue weighted by atomic mass is 9.82. The molecule has 0 fully saturated rings. The molecule has 1 N–H and O–H groups in total. The summed E-state index contributed by atoms with van der Waals surface area (Å²) in [4.78, 5) is 10.7. The van der Waals surface area contributed by atoms with Gasteiger partial charge in [0.25, 0.3) is 0 Å². The van der Waals surface area contributed by atoms with Crippen molar-refractivity contribution in [3.63, 3.8) is 0 Å². The summed E-state index contributed by atoms with van der Waals surface area (Å²) in [6, 6.07) is 7.90.